The number of anilines is 2. The van der Waals surface area contributed by atoms with E-state index in [1.54, 1.807) is 24.3 Å². The Hall–Kier alpha value is -3.62. The van der Waals surface area contributed by atoms with Gasteiger partial charge in [0.25, 0.3) is 10.0 Å². The highest BCUT2D eigenvalue weighted by Crippen LogP contribution is 2.32. The van der Waals surface area contributed by atoms with Gasteiger partial charge in [0.15, 0.2) is 0 Å². The number of rotatable bonds is 8. The number of benzene rings is 4. The van der Waals surface area contributed by atoms with E-state index in [0.717, 1.165) is 15.6 Å². The summed E-state index contributed by atoms with van der Waals surface area (Å²) in [5.74, 6) is -0.555. The molecule has 35 heavy (non-hydrogen) atoms. The van der Waals surface area contributed by atoms with Gasteiger partial charge in [-0.15, -0.1) is 0 Å². The maximum absolute atomic E-state index is 13.5. The fourth-order valence-electron chi connectivity index (χ4n) is 3.68. The van der Waals surface area contributed by atoms with Crippen LogP contribution in [0.1, 0.15) is 17.0 Å². The van der Waals surface area contributed by atoms with Crippen molar-refractivity contribution >= 4 is 43.2 Å². The molecule has 0 unspecified atom stereocenters. The second-order valence-electron chi connectivity index (χ2n) is 7.72. The fourth-order valence-corrected chi connectivity index (χ4v) is 5.02. The summed E-state index contributed by atoms with van der Waals surface area (Å²) in [6.07, 6.45) is 0. The van der Waals surface area contributed by atoms with Crippen molar-refractivity contribution < 1.29 is 17.9 Å². The number of nitrogens with one attached hydrogen (secondary N) is 2. The second-order valence-corrected chi connectivity index (χ2v) is 10.3. The minimum Gasteiger partial charge on any atom is -0.495 e. The van der Waals surface area contributed by atoms with Crippen LogP contribution in [0.25, 0.3) is 0 Å². The normalized spacial score (nSPS) is 11.2. The molecule has 0 radical (unpaired) electrons. The number of hydrogen-bond acceptors (Lipinski definition) is 4. The predicted molar refractivity (Wildman–Crippen MR) is 141 cm³/mol. The van der Waals surface area contributed by atoms with Gasteiger partial charge >= 0.3 is 0 Å². The lowest BCUT2D eigenvalue weighted by atomic mass is 9.90. The molecule has 0 saturated carbocycles. The van der Waals surface area contributed by atoms with Crippen LogP contribution >= 0.6 is 15.9 Å². The van der Waals surface area contributed by atoms with Crippen LogP contribution < -0.4 is 14.8 Å². The van der Waals surface area contributed by atoms with E-state index < -0.39 is 15.9 Å². The van der Waals surface area contributed by atoms with Gasteiger partial charge in [-0.3, -0.25) is 9.52 Å². The van der Waals surface area contributed by atoms with Crippen molar-refractivity contribution in [1.29, 1.82) is 0 Å². The van der Waals surface area contributed by atoms with Gasteiger partial charge in [-0.2, -0.15) is 0 Å². The van der Waals surface area contributed by atoms with Gasteiger partial charge in [0.2, 0.25) is 5.91 Å². The van der Waals surface area contributed by atoms with Crippen molar-refractivity contribution in [2.24, 2.45) is 0 Å². The molecular weight excluding hydrogens is 528 g/mol. The zero-order chi connectivity index (χ0) is 24.8. The SMILES string of the molecule is COc1ccc(S(=O)(=O)Nc2ccc(Br)cc2)cc1NC(=O)C(c1ccccc1)c1ccccc1. The summed E-state index contributed by atoms with van der Waals surface area (Å²) in [4.78, 5) is 13.5. The number of halogens is 1. The van der Waals surface area contributed by atoms with Crippen LogP contribution in [-0.2, 0) is 14.8 Å². The van der Waals surface area contributed by atoms with E-state index in [9.17, 15) is 13.2 Å². The molecule has 4 aromatic carbocycles. The molecule has 2 N–H and O–H groups in total. The topological polar surface area (TPSA) is 84.5 Å². The fraction of sp³-hybridized carbons (Fsp3) is 0.0741. The minimum absolute atomic E-state index is 0.00695. The zero-order valence-electron chi connectivity index (χ0n) is 18.8. The maximum atomic E-state index is 13.5. The first-order valence-corrected chi connectivity index (χ1v) is 13.0. The summed E-state index contributed by atoms with van der Waals surface area (Å²) in [6, 6.07) is 30.0. The van der Waals surface area contributed by atoms with Crippen LogP contribution in [0, 0.1) is 0 Å². The Balaban J connectivity index is 1.66. The van der Waals surface area contributed by atoms with Crippen molar-refractivity contribution in [3.05, 3.63) is 119 Å². The predicted octanol–water partition coefficient (Wildman–Crippen LogP) is 6.03. The smallest absolute Gasteiger partial charge is 0.261 e. The molecule has 0 fully saturated rings. The summed E-state index contributed by atoms with van der Waals surface area (Å²) in [5.41, 5.74) is 2.31. The third-order valence-corrected chi connectivity index (χ3v) is 7.27. The Kier molecular flexibility index (Phi) is 7.53. The maximum Gasteiger partial charge on any atom is 0.261 e. The highest BCUT2D eigenvalue weighted by Gasteiger charge is 2.25. The van der Waals surface area contributed by atoms with Crippen LogP contribution in [0.5, 0.6) is 5.75 Å². The quantitative estimate of drug-likeness (QED) is 0.280. The summed E-state index contributed by atoms with van der Waals surface area (Å²) in [5, 5.41) is 2.88. The Labute approximate surface area is 213 Å². The first kappa shape index (κ1) is 24.5. The lowest BCUT2D eigenvalue weighted by Crippen LogP contribution is -2.23. The largest absolute Gasteiger partial charge is 0.495 e. The molecule has 0 aromatic heterocycles. The van der Waals surface area contributed by atoms with Crippen molar-refractivity contribution in [2.45, 2.75) is 10.8 Å². The van der Waals surface area contributed by atoms with Crippen LogP contribution in [0.15, 0.2) is 112 Å². The molecule has 0 bridgehead atoms. The van der Waals surface area contributed by atoms with E-state index in [1.165, 1.54) is 25.3 Å². The van der Waals surface area contributed by atoms with E-state index in [4.69, 9.17) is 4.74 Å². The van der Waals surface area contributed by atoms with Crippen molar-refractivity contribution in [1.82, 2.24) is 0 Å². The van der Waals surface area contributed by atoms with E-state index >= 15 is 0 Å². The Morgan fingerprint density at radius 2 is 1.40 bits per heavy atom. The highest BCUT2D eigenvalue weighted by molar-refractivity contribution is 9.10. The second kappa shape index (κ2) is 10.8. The third-order valence-electron chi connectivity index (χ3n) is 5.36. The average molecular weight is 551 g/mol. The standard InChI is InChI=1S/C27H23BrN2O4S/c1-34-25-17-16-23(35(32,33)30-22-14-12-21(28)13-15-22)18-24(25)29-27(31)26(19-8-4-2-5-9-19)20-10-6-3-7-11-20/h2-18,26,30H,1H3,(H,29,31). The molecule has 0 aliphatic carbocycles. The molecule has 0 aliphatic rings. The number of carbonyl (C=O) groups excluding carboxylic acids is 1. The average Bonchev–Trinajstić information content (AvgIpc) is 2.87. The lowest BCUT2D eigenvalue weighted by molar-refractivity contribution is -0.116. The molecule has 0 spiro atoms. The molecule has 0 aliphatic heterocycles. The summed E-state index contributed by atoms with van der Waals surface area (Å²) >= 11 is 3.33. The van der Waals surface area contributed by atoms with Gasteiger partial charge in [-0.25, -0.2) is 8.42 Å². The van der Waals surface area contributed by atoms with Crippen molar-refractivity contribution in [3.63, 3.8) is 0 Å². The van der Waals surface area contributed by atoms with Gasteiger partial charge in [0.1, 0.15) is 5.75 Å². The summed E-state index contributed by atoms with van der Waals surface area (Å²) < 4.78 is 34.8. The van der Waals surface area contributed by atoms with Gasteiger partial charge in [-0.1, -0.05) is 76.6 Å². The molecule has 6 nitrogen and oxygen atoms in total. The minimum atomic E-state index is -3.91. The lowest BCUT2D eigenvalue weighted by Gasteiger charge is -2.19. The van der Waals surface area contributed by atoms with E-state index in [2.05, 4.69) is 26.0 Å². The Morgan fingerprint density at radius 1 is 0.829 bits per heavy atom. The molecule has 0 heterocycles. The van der Waals surface area contributed by atoms with Gasteiger partial charge in [0, 0.05) is 10.2 Å². The first-order chi connectivity index (χ1) is 16.9. The first-order valence-electron chi connectivity index (χ1n) is 10.7. The third kappa shape index (κ3) is 5.90. The van der Waals surface area contributed by atoms with Crippen LogP contribution in [-0.4, -0.2) is 21.4 Å². The molecule has 8 heteroatoms. The number of ether oxygens (including phenoxy) is 1. The molecule has 178 valence electrons. The van der Waals surface area contributed by atoms with Crippen LogP contribution in [0.4, 0.5) is 11.4 Å². The van der Waals surface area contributed by atoms with Gasteiger partial charge < -0.3 is 10.1 Å². The number of sulfonamides is 1. The molecule has 4 rings (SSSR count). The number of hydrogen-bond donors (Lipinski definition) is 2. The van der Waals surface area contributed by atoms with E-state index in [0.29, 0.717) is 11.4 Å². The van der Waals surface area contributed by atoms with Gasteiger partial charge in [-0.05, 0) is 53.6 Å². The molecule has 4 aromatic rings. The zero-order valence-corrected chi connectivity index (χ0v) is 21.2. The summed E-state index contributed by atoms with van der Waals surface area (Å²) in [7, 11) is -2.44. The number of methoxy groups -OCH3 is 1. The highest BCUT2D eigenvalue weighted by atomic mass is 79.9. The van der Waals surface area contributed by atoms with Crippen molar-refractivity contribution in [3.8, 4) is 5.75 Å². The molecule has 0 atom stereocenters. The molecule has 0 saturated heterocycles. The van der Waals surface area contributed by atoms with E-state index in [-0.39, 0.29) is 16.5 Å². The van der Waals surface area contributed by atoms with Crippen LogP contribution in [0.2, 0.25) is 0 Å². The molecular formula is C27H23BrN2O4S. The van der Waals surface area contributed by atoms with Crippen molar-refractivity contribution in [2.75, 3.05) is 17.1 Å². The van der Waals surface area contributed by atoms with Crippen LogP contribution in [0.3, 0.4) is 0 Å². The number of amides is 1. The van der Waals surface area contributed by atoms with E-state index in [1.807, 2.05) is 60.7 Å². The number of carbonyl (C=O) groups is 1. The summed E-state index contributed by atoms with van der Waals surface area (Å²) in [6.45, 7) is 0. The van der Waals surface area contributed by atoms with Gasteiger partial charge in [0.05, 0.1) is 23.6 Å². The Bertz CT molecular complexity index is 1370. The monoisotopic (exact) mass is 550 g/mol. The molecule has 1 amide bonds. The Morgan fingerprint density at radius 3 is 1.94 bits per heavy atom.